The number of benzene rings is 2. The maximum absolute atomic E-state index is 12.6. The molecule has 4 rings (SSSR count). The van der Waals surface area contributed by atoms with Crippen LogP contribution in [0.25, 0.3) is 27.7 Å². The van der Waals surface area contributed by atoms with Gasteiger partial charge in [-0.1, -0.05) is 18.2 Å². The van der Waals surface area contributed by atoms with Gasteiger partial charge in [0.25, 0.3) is 5.56 Å². The van der Waals surface area contributed by atoms with Gasteiger partial charge in [0.05, 0.1) is 12.5 Å². The van der Waals surface area contributed by atoms with E-state index in [0.717, 1.165) is 28.2 Å². The van der Waals surface area contributed by atoms with Crippen molar-refractivity contribution in [2.24, 2.45) is 0 Å². The molecular weight excluding hydrogens is 340 g/mol. The van der Waals surface area contributed by atoms with Gasteiger partial charge in [0.2, 0.25) is 0 Å². The molecule has 0 radical (unpaired) electrons. The number of anilines is 1. The van der Waals surface area contributed by atoms with Crippen LogP contribution >= 0.6 is 0 Å². The molecule has 6 heteroatoms. The quantitative estimate of drug-likeness (QED) is 0.576. The Bertz CT molecular complexity index is 1180. The summed E-state index contributed by atoms with van der Waals surface area (Å²) < 4.78 is 7.00. The highest BCUT2D eigenvalue weighted by atomic mass is 16.5. The van der Waals surface area contributed by atoms with Crippen LogP contribution in [0.15, 0.2) is 53.3 Å². The van der Waals surface area contributed by atoms with Crippen molar-refractivity contribution in [3.63, 3.8) is 0 Å². The molecule has 6 nitrogen and oxygen atoms in total. The van der Waals surface area contributed by atoms with Crippen LogP contribution in [0.4, 0.5) is 5.82 Å². The molecule has 0 spiro atoms. The minimum absolute atomic E-state index is 0.145. The number of hydrogen-bond donors (Lipinski definition) is 2. The average Bonchev–Trinajstić information content (AvgIpc) is 2.99. The van der Waals surface area contributed by atoms with Gasteiger partial charge in [0.1, 0.15) is 11.4 Å². The number of aromatic nitrogens is 3. The minimum Gasteiger partial charge on any atom is -0.497 e. The molecule has 0 bridgehead atoms. The zero-order valence-electron chi connectivity index (χ0n) is 15.8. The molecule has 0 fully saturated rings. The Morgan fingerprint density at radius 2 is 1.70 bits per heavy atom. The number of aromatic amines is 1. The summed E-state index contributed by atoms with van der Waals surface area (Å²) in [6, 6.07) is 15.3. The van der Waals surface area contributed by atoms with Crippen LogP contribution in [-0.4, -0.2) is 27.2 Å². The molecule has 2 aromatic carbocycles. The Morgan fingerprint density at radius 3 is 2.33 bits per heavy atom. The molecule has 0 saturated carbocycles. The molecule has 4 aromatic rings. The van der Waals surface area contributed by atoms with Crippen LogP contribution in [0, 0.1) is 0 Å². The summed E-state index contributed by atoms with van der Waals surface area (Å²) in [6.07, 6.45) is 0. The fraction of sp³-hybridized carbons (Fsp3) is 0.238. The SMILES string of the molecule is COc1ccc(-c2nc3c4ccccc4c(=O)[nH]n3c2NC(C)(C)C)cc1. The van der Waals surface area contributed by atoms with Crippen LogP contribution in [0.1, 0.15) is 20.8 Å². The molecule has 138 valence electrons. The van der Waals surface area contributed by atoms with E-state index < -0.39 is 0 Å². The Hall–Kier alpha value is -3.28. The van der Waals surface area contributed by atoms with Gasteiger partial charge in [-0.05, 0) is 51.1 Å². The lowest BCUT2D eigenvalue weighted by atomic mass is 10.1. The van der Waals surface area contributed by atoms with E-state index in [1.165, 1.54) is 0 Å². The maximum atomic E-state index is 12.6. The number of nitrogens with zero attached hydrogens (tertiary/aromatic N) is 2. The van der Waals surface area contributed by atoms with Crippen molar-refractivity contribution in [2.45, 2.75) is 26.3 Å². The van der Waals surface area contributed by atoms with Crippen molar-refractivity contribution in [3.05, 3.63) is 58.9 Å². The first kappa shape index (κ1) is 17.1. The van der Waals surface area contributed by atoms with E-state index in [-0.39, 0.29) is 11.1 Å². The molecule has 27 heavy (non-hydrogen) atoms. The van der Waals surface area contributed by atoms with Crippen LogP contribution < -0.4 is 15.6 Å². The standard InChI is InChI=1S/C21H22N4O2/c1-21(2,3)23-19-17(13-9-11-14(27-4)12-10-13)22-18-15-7-5-6-8-16(15)20(26)24-25(18)19/h5-12,23H,1-4H3,(H,24,26). The highest BCUT2D eigenvalue weighted by molar-refractivity contribution is 5.95. The maximum Gasteiger partial charge on any atom is 0.270 e. The molecule has 2 heterocycles. The lowest BCUT2D eigenvalue weighted by Crippen LogP contribution is -2.28. The zero-order chi connectivity index (χ0) is 19.2. The largest absolute Gasteiger partial charge is 0.497 e. The molecule has 0 aliphatic heterocycles. The van der Waals surface area contributed by atoms with Gasteiger partial charge in [-0.3, -0.25) is 9.89 Å². The number of H-pyrrole nitrogens is 1. The van der Waals surface area contributed by atoms with Gasteiger partial charge >= 0.3 is 0 Å². The van der Waals surface area contributed by atoms with Crippen molar-refractivity contribution >= 4 is 22.2 Å². The Labute approximate surface area is 156 Å². The summed E-state index contributed by atoms with van der Waals surface area (Å²) in [4.78, 5) is 17.5. The molecule has 2 aromatic heterocycles. The van der Waals surface area contributed by atoms with E-state index in [2.05, 4.69) is 31.2 Å². The predicted octanol–water partition coefficient (Wildman–Crippen LogP) is 4.06. The fourth-order valence-corrected chi connectivity index (χ4v) is 3.17. The zero-order valence-corrected chi connectivity index (χ0v) is 15.8. The van der Waals surface area contributed by atoms with Gasteiger partial charge in [0, 0.05) is 16.5 Å². The van der Waals surface area contributed by atoms with E-state index in [1.807, 2.05) is 48.5 Å². The predicted molar refractivity (Wildman–Crippen MR) is 109 cm³/mol. The van der Waals surface area contributed by atoms with Gasteiger partial charge in [-0.25, -0.2) is 9.50 Å². The van der Waals surface area contributed by atoms with Gasteiger partial charge < -0.3 is 10.1 Å². The number of imidazole rings is 1. The van der Waals surface area contributed by atoms with Crippen molar-refractivity contribution in [1.29, 1.82) is 0 Å². The third kappa shape index (κ3) is 3.03. The summed E-state index contributed by atoms with van der Waals surface area (Å²) in [5.74, 6) is 1.54. The second-order valence-electron chi connectivity index (χ2n) is 7.56. The number of rotatable bonds is 3. The van der Waals surface area contributed by atoms with E-state index in [4.69, 9.17) is 9.72 Å². The first-order valence-corrected chi connectivity index (χ1v) is 8.83. The van der Waals surface area contributed by atoms with Gasteiger partial charge in [-0.15, -0.1) is 0 Å². The van der Waals surface area contributed by atoms with Gasteiger partial charge in [0.15, 0.2) is 11.5 Å². The first-order valence-electron chi connectivity index (χ1n) is 8.83. The molecular formula is C21H22N4O2. The molecule has 2 N–H and O–H groups in total. The Morgan fingerprint density at radius 1 is 1.04 bits per heavy atom. The van der Waals surface area contributed by atoms with Crippen LogP contribution in [0.3, 0.4) is 0 Å². The normalized spacial score (nSPS) is 11.9. The summed E-state index contributed by atoms with van der Waals surface area (Å²) in [5, 5.41) is 7.88. The van der Waals surface area contributed by atoms with Crippen LogP contribution in [-0.2, 0) is 0 Å². The summed E-state index contributed by atoms with van der Waals surface area (Å²) >= 11 is 0. The average molecular weight is 362 g/mol. The van der Waals surface area contributed by atoms with Crippen molar-refractivity contribution in [1.82, 2.24) is 14.6 Å². The number of ether oxygens (including phenoxy) is 1. The monoisotopic (exact) mass is 362 g/mol. The lowest BCUT2D eigenvalue weighted by molar-refractivity contribution is 0.415. The van der Waals surface area contributed by atoms with Crippen molar-refractivity contribution in [3.8, 4) is 17.0 Å². The van der Waals surface area contributed by atoms with Crippen molar-refractivity contribution < 1.29 is 4.74 Å². The third-order valence-electron chi connectivity index (χ3n) is 4.36. The second-order valence-corrected chi connectivity index (χ2v) is 7.56. The van der Waals surface area contributed by atoms with Crippen LogP contribution in [0.2, 0.25) is 0 Å². The highest BCUT2D eigenvalue weighted by Gasteiger charge is 2.21. The van der Waals surface area contributed by atoms with E-state index in [0.29, 0.717) is 11.0 Å². The molecule has 0 atom stereocenters. The summed E-state index contributed by atoms with van der Waals surface area (Å²) in [7, 11) is 1.64. The smallest absolute Gasteiger partial charge is 0.270 e. The number of methoxy groups -OCH3 is 1. The number of hydrogen-bond acceptors (Lipinski definition) is 4. The Kier molecular flexibility index (Phi) is 3.91. The first-order chi connectivity index (χ1) is 12.9. The lowest BCUT2D eigenvalue weighted by Gasteiger charge is -2.22. The highest BCUT2D eigenvalue weighted by Crippen LogP contribution is 2.32. The second kappa shape index (κ2) is 6.16. The molecule has 0 amide bonds. The third-order valence-corrected chi connectivity index (χ3v) is 4.36. The van der Waals surface area contributed by atoms with E-state index in [9.17, 15) is 4.79 Å². The molecule has 0 aliphatic rings. The minimum atomic E-state index is -0.209. The van der Waals surface area contributed by atoms with E-state index in [1.54, 1.807) is 11.6 Å². The topological polar surface area (TPSA) is 71.4 Å². The summed E-state index contributed by atoms with van der Waals surface area (Å²) in [6.45, 7) is 6.22. The van der Waals surface area contributed by atoms with Gasteiger partial charge in [-0.2, -0.15) is 0 Å². The summed E-state index contributed by atoms with van der Waals surface area (Å²) in [5.41, 5.74) is 2.08. The fourth-order valence-electron chi connectivity index (χ4n) is 3.17. The Balaban J connectivity index is 2.05. The van der Waals surface area contributed by atoms with Crippen LogP contribution in [0.5, 0.6) is 5.75 Å². The molecule has 0 saturated heterocycles. The molecule has 0 unspecified atom stereocenters. The molecule has 0 aliphatic carbocycles. The van der Waals surface area contributed by atoms with E-state index >= 15 is 0 Å². The van der Waals surface area contributed by atoms with Crippen molar-refractivity contribution in [2.75, 3.05) is 12.4 Å². The number of fused-ring (bicyclic) bond motifs is 3. The number of nitrogens with one attached hydrogen (secondary N) is 2.